The van der Waals surface area contributed by atoms with Gasteiger partial charge in [-0.3, -0.25) is 9.59 Å². The summed E-state index contributed by atoms with van der Waals surface area (Å²) in [6.07, 6.45) is 1.99. The van der Waals surface area contributed by atoms with E-state index in [1.54, 1.807) is 34.8 Å². The van der Waals surface area contributed by atoms with E-state index >= 15 is 0 Å². The molecule has 0 bridgehead atoms. The molecule has 0 radical (unpaired) electrons. The highest BCUT2D eigenvalue weighted by molar-refractivity contribution is 5.98. The van der Waals surface area contributed by atoms with Crippen molar-refractivity contribution in [2.45, 2.75) is 18.9 Å². The van der Waals surface area contributed by atoms with E-state index in [9.17, 15) is 14.0 Å². The predicted molar refractivity (Wildman–Crippen MR) is 97.0 cm³/mol. The molecule has 1 aliphatic carbocycles. The number of fused-ring (bicyclic) bond motifs is 3. The van der Waals surface area contributed by atoms with Crippen molar-refractivity contribution in [2.24, 2.45) is 0 Å². The van der Waals surface area contributed by atoms with Crippen LogP contribution in [0, 0.1) is 5.82 Å². The van der Waals surface area contributed by atoms with Crippen LogP contribution in [0.25, 0.3) is 27.8 Å². The number of aromatic nitrogens is 4. The standard InChI is InChI=1S/C19H14FN5O2/c20-12-4-1-10(2-5-12)16-17-22-19(27)14-8-3-11(18(26)21-13-6-7-13)9-15(14)25(17)24-23-16/h1-5,8-9,13,24H,6-7H2,(H,21,26). The van der Waals surface area contributed by atoms with Gasteiger partial charge in [0.1, 0.15) is 11.5 Å². The van der Waals surface area contributed by atoms with E-state index in [1.165, 1.54) is 12.1 Å². The summed E-state index contributed by atoms with van der Waals surface area (Å²) in [5.41, 5.74) is 1.94. The van der Waals surface area contributed by atoms with Crippen molar-refractivity contribution in [2.75, 3.05) is 0 Å². The highest BCUT2D eigenvalue weighted by Crippen LogP contribution is 2.24. The summed E-state index contributed by atoms with van der Waals surface area (Å²) in [6, 6.07) is 10.9. The Morgan fingerprint density at radius 3 is 2.70 bits per heavy atom. The van der Waals surface area contributed by atoms with Crippen molar-refractivity contribution >= 4 is 22.5 Å². The van der Waals surface area contributed by atoms with Gasteiger partial charge in [-0.2, -0.15) is 10.1 Å². The van der Waals surface area contributed by atoms with Crippen LogP contribution in [0.3, 0.4) is 0 Å². The van der Waals surface area contributed by atoms with E-state index in [-0.39, 0.29) is 17.8 Å². The fraction of sp³-hybridized carbons (Fsp3) is 0.158. The molecule has 134 valence electrons. The lowest BCUT2D eigenvalue weighted by molar-refractivity contribution is 0.0951. The van der Waals surface area contributed by atoms with E-state index in [2.05, 4.69) is 20.6 Å². The molecule has 0 spiro atoms. The lowest BCUT2D eigenvalue weighted by Crippen LogP contribution is -2.25. The van der Waals surface area contributed by atoms with Gasteiger partial charge in [0, 0.05) is 17.2 Å². The molecule has 1 fully saturated rings. The molecule has 2 heterocycles. The lowest BCUT2D eigenvalue weighted by Gasteiger charge is -2.06. The minimum atomic E-state index is -0.413. The molecule has 2 N–H and O–H groups in total. The van der Waals surface area contributed by atoms with Gasteiger partial charge in [-0.25, -0.2) is 14.1 Å². The molecule has 1 amide bonds. The summed E-state index contributed by atoms with van der Waals surface area (Å²) < 4.78 is 14.8. The number of aromatic amines is 1. The Labute approximate surface area is 151 Å². The molecule has 2 aromatic carbocycles. The Morgan fingerprint density at radius 1 is 1.19 bits per heavy atom. The molecule has 4 aromatic rings. The first-order chi connectivity index (χ1) is 13.1. The zero-order valence-corrected chi connectivity index (χ0v) is 14.1. The number of hydrogen-bond donors (Lipinski definition) is 2. The molecular formula is C19H14FN5O2. The molecule has 0 saturated heterocycles. The van der Waals surface area contributed by atoms with Crippen molar-refractivity contribution in [1.29, 1.82) is 0 Å². The molecular weight excluding hydrogens is 349 g/mol. The Balaban J connectivity index is 1.70. The van der Waals surface area contributed by atoms with Gasteiger partial charge in [0.25, 0.3) is 11.5 Å². The van der Waals surface area contributed by atoms with Crippen LogP contribution in [0.1, 0.15) is 23.2 Å². The first-order valence-corrected chi connectivity index (χ1v) is 8.58. The largest absolute Gasteiger partial charge is 0.349 e. The number of halogens is 1. The summed E-state index contributed by atoms with van der Waals surface area (Å²) in [7, 11) is 0. The van der Waals surface area contributed by atoms with Gasteiger partial charge in [-0.15, -0.1) is 0 Å². The maximum Gasteiger partial charge on any atom is 0.281 e. The summed E-state index contributed by atoms with van der Waals surface area (Å²) in [6.45, 7) is 0. The number of H-pyrrole nitrogens is 1. The minimum absolute atomic E-state index is 0.171. The highest BCUT2D eigenvalue weighted by atomic mass is 19.1. The van der Waals surface area contributed by atoms with Crippen molar-refractivity contribution in [3.05, 3.63) is 64.2 Å². The first-order valence-electron chi connectivity index (χ1n) is 8.58. The van der Waals surface area contributed by atoms with Crippen LogP contribution in [-0.4, -0.2) is 31.8 Å². The fourth-order valence-electron chi connectivity index (χ4n) is 3.07. The van der Waals surface area contributed by atoms with Gasteiger partial charge in [0.15, 0.2) is 5.65 Å². The normalized spacial score (nSPS) is 14.0. The number of nitrogens with one attached hydrogen (secondary N) is 2. The molecule has 8 heteroatoms. The van der Waals surface area contributed by atoms with Gasteiger partial charge < -0.3 is 5.32 Å². The topological polar surface area (TPSA) is 92.2 Å². The van der Waals surface area contributed by atoms with Crippen LogP contribution in [0.15, 0.2) is 47.3 Å². The average molecular weight is 363 g/mol. The number of hydrogen-bond acceptors (Lipinski definition) is 4. The second-order valence-electron chi connectivity index (χ2n) is 6.62. The number of carbonyl (C=O) groups excluding carboxylic acids is 1. The minimum Gasteiger partial charge on any atom is -0.349 e. The molecule has 1 aliphatic rings. The first kappa shape index (κ1) is 15.7. The Bertz CT molecular complexity index is 1260. The zero-order chi connectivity index (χ0) is 18.5. The van der Waals surface area contributed by atoms with Crippen molar-refractivity contribution < 1.29 is 9.18 Å². The third-order valence-electron chi connectivity index (χ3n) is 4.65. The molecule has 0 aliphatic heterocycles. The van der Waals surface area contributed by atoms with E-state index in [4.69, 9.17) is 0 Å². The van der Waals surface area contributed by atoms with Gasteiger partial charge >= 0.3 is 0 Å². The van der Waals surface area contributed by atoms with Crippen LogP contribution in [0.5, 0.6) is 0 Å². The van der Waals surface area contributed by atoms with E-state index in [0.29, 0.717) is 33.4 Å². The monoisotopic (exact) mass is 363 g/mol. The van der Waals surface area contributed by atoms with E-state index < -0.39 is 5.56 Å². The smallest absolute Gasteiger partial charge is 0.281 e. The molecule has 0 atom stereocenters. The second kappa shape index (κ2) is 5.73. The van der Waals surface area contributed by atoms with Crippen LogP contribution >= 0.6 is 0 Å². The van der Waals surface area contributed by atoms with E-state index in [0.717, 1.165) is 12.8 Å². The Kier molecular flexibility index (Phi) is 3.33. The molecule has 2 aromatic heterocycles. The molecule has 0 unspecified atom stereocenters. The van der Waals surface area contributed by atoms with Crippen LogP contribution in [0.2, 0.25) is 0 Å². The maximum absolute atomic E-state index is 13.2. The van der Waals surface area contributed by atoms with Gasteiger partial charge in [-0.05, 0) is 55.3 Å². The lowest BCUT2D eigenvalue weighted by atomic mass is 10.1. The van der Waals surface area contributed by atoms with Gasteiger partial charge in [0.2, 0.25) is 0 Å². The van der Waals surface area contributed by atoms with E-state index in [1.807, 2.05) is 0 Å². The summed E-state index contributed by atoms with van der Waals surface area (Å²) >= 11 is 0. The number of carbonyl (C=O) groups is 1. The van der Waals surface area contributed by atoms with Crippen LogP contribution in [0.4, 0.5) is 4.39 Å². The third kappa shape index (κ3) is 2.66. The van der Waals surface area contributed by atoms with Gasteiger partial charge in [0.05, 0.1) is 10.9 Å². The Hall–Kier alpha value is -3.55. The SMILES string of the molecule is O=C(NC1CC1)c1ccc2c(=O)nc3c(-c4ccc(F)cc4)n[nH]n3c2c1. The third-order valence-corrected chi connectivity index (χ3v) is 4.65. The summed E-state index contributed by atoms with van der Waals surface area (Å²) in [5.74, 6) is -0.531. The number of nitrogens with zero attached hydrogens (tertiary/aromatic N) is 3. The molecule has 27 heavy (non-hydrogen) atoms. The van der Waals surface area contributed by atoms with Crippen molar-refractivity contribution in [1.82, 2.24) is 25.1 Å². The zero-order valence-electron chi connectivity index (χ0n) is 14.1. The Morgan fingerprint density at radius 2 is 1.96 bits per heavy atom. The van der Waals surface area contributed by atoms with Crippen molar-refractivity contribution in [3.63, 3.8) is 0 Å². The number of amides is 1. The average Bonchev–Trinajstić information content (AvgIpc) is 3.39. The van der Waals surface area contributed by atoms with Crippen LogP contribution in [-0.2, 0) is 0 Å². The van der Waals surface area contributed by atoms with Crippen LogP contribution < -0.4 is 10.9 Å². The maximum atomic E-state index is 13.2. The van der Waals surface area contributed by atoms with Gasteiger partial charge in [-0.1, -0.05) is 0 Å². The summed E-state index contributed by atoms with van der Waals surface area (Å²) in [5, 5.41) is 10.4. The van der Waals surface area contributed by atoms with Crippen molar-refractivity contribution in [3.8, 4) is 11.3 Å². The highest BCUT2D eigenvalue weighted by Gasteiger charge is 2.24. The quantitative estimate of drug-likeness (QED) is 0.584. The fourth-order valence-corrected chi connectivity index (χ4v) is 3.07. The second-order valence-corrected chi connectivity index (χ2v) is 6.62. The molecule has 5 rings (SSSR count). The predicted octanol–water partition coefficient (Wildman–Crippen LogP) is 2.27. The number of benzene rings is 2. The summed E-state index contributed by atoms with van der Waals surface area (Å²) in [4.78, 5) is 28.9. The number of rotatable bonds is 3. The molecule has 7 nitrogen and oxygen atoms in total. The molecule has 1 saturated carbocycles.